The Hall–Kier alpha value is -3.80. The van der Waals surface area contributed by atoms with Gasteiger partial charge in [-0.3, -0.25) is 14.6 Å². The summed E-state index contributed by atoms with van der Waals surface area (Å²) in [5, 5.41) is 13.9. The van der Waals surface area contributed by atoms with Gasteiger partial charge in [-0.15, -0.1) is 5.10 Å². The molecule has 11 heteroatoms. The minimum atomic E-state index is -0.381. The van der Waals surface area contributed by atoms with Gasteiger partial charge in [0.15, 0.2) is 17.3 Å². The summed E-state index contributed by atoms with van der Waals surface area (Å²) in [5.41, 5.74) is 4.92. The van der Waals surface area contributed by atoms with Crippen LogP contribution in [-0.2, 0) is 17.8 Å². The quantitative estimate of drug-likeness (QED) is 0.367. The first-order valence-corrected chi connectivity index (χ1v) is 14.4. The van der Waals surface area contributed by atoms with E-state index in [1.165, 1.54) is 11.1 Å². The number of piperazine rings is 1. The van der Waals surface area contributed by atoms with E-state index in [0.717, 1.165) is 80.1 Å². The number of H-pyrrole nitrogens is 1. The molecule has 0 unspecified atom stereocenters. The van der Waals surface area contributed by atoms with Crippen molar-refractivity contribution in [3.63, 3.8) is 0 Å². The molecule has 2 aromatic heterocycles. The number of pyridine rings is 1. The standard InChI is InChI=1S/C30H35N7O4/c1-19-12-22-15-24(30(38)31-25(22)13-20(19)2)28(29-32-33-34-37(29)17-23-4-3-11-39-23)36-9-7-35(8-10-36)16-21-5-6-26-27(14-21)41-18-40-26/h5-6,12-15,23,28H,3-4,7-11,16-18H2,1-2H3,(H,31,38)/t23-,28+/m0/s1. The molecule has 2 aromatic carbocycles. The van der Waals surface area contributed by atoms with Crippen molar-refractivity contribution in [3.05, 3.63) is 74.8 Å². The van der Waals surface area contributed by atoms with E-state index in [9.17, 15) is 4.79 Å². The second kappa shape index (κ2) is 10.9. The molecule has 4 aromatic rings. The molecule has 0 saturated carbocycles. The second-order valence-electron chi connectivity index (χ2n) is 11.3. The zero-order chi connectivity index (χ0) is 27.9. The molecule has 0 bridgehead atoms. The van der Waals surface area contributed by atoms with E-state index < -0.39 is 0 Å². The van der Waals surface area contributed by atoms with Gasteiger partial charge in [0, 0.05) is 50.4 Å². The zero-order valence-corrected chi connectivity index (χ0v) is 23.5. The highest BCUT2D eigenvalue weighted by molar-refractivity contribution is 5.81. The van der Waals surface area contributed by atoms with Crippen LogP contribution in [-0.4, -0.2) is 80.7 Å². The SMILES string of the molecule is Cc1cc2cc([C@H](c3nnnn3C[C@@H]3CCCO3)N3CCN(Cc4ccc5c(c4)OCO5)CC3)c(=O)[nH]c2cc1C. The van der Waals surface area contributed by atoms with Crippen LogP contribution in [0, 0.1) is 13.8 Å². The van der Waals surface area contributed by atoms with Crippen LogP contribution >= 0.6 is 0 Å². The van der Waals surface area contributed by atoms with Crippen LogP contribution in [0.3, 0.4) is 0 Å². The van der Waals surface area contributed by atoms with Crippen LogP contribution in [0.5, 0.6) is 11.5 Å². The number of hydrogen-bond acceptors (Lipinski definition) is 9. The maximum absolute atomic E-state index is 13.6. The van der Waals surface area contributed by atoms with Crippen LogP contribution in [0.15, 0.2) is 41.2 Å². The highest BCUT2D eigenvalue weighted by Gasteiger charge is 2.33. The van der Waals surface area contributed by atoms with Gasteiger partial charge in [0.05, 0.1) is 12.6 Å². The van der Waals surface area contributed by atoms with Crippen molar-refractivity contribution in [3.8, 4) is 11.5 Å². The van der Waals surface area contributed by atoms with Crippen molar-refractivity contribution >= 4 is 10.9 Å². The van der Waals surface area contributed by atoms with Gasteiger partial charge in [0.1, 0.15) is 6.04 Å². The van der Waals surface area contributed by atoms with Gasteiger partial charge in [0.25, 0.3) is 5.56 Å². The van der Waals surface area contributed by atoms with Crippen LogP contribution in [0.4, 0.5) is 0 Å². The fourth-order valence-electron chi connectivity index (χ4n) is 6.19. The third-order valence-electron chi connectivity index (χ3n) is 8.60. The first kappa shape index (κ1) is 26.1. The molecule has 5 heterocycles. The molecular formula is C30H35N7O4. The van der Waals surface area contributed by atoms with Gasteiger partial charge in [-0.25, -0.2) is 4.68 Å². The van der Waals surface area contributed by atoms with Crippen LogP contribution in [0.25, 0.3) is 10.9 Å². The summed E-state index contributed by atoms with van der Waals surface area (Å²) in [6, 6.07) is 12.0. The summed E-state index contributed by atoms with van der Waals surface area (Å²) < 4.78 is 18.8. The van der Waals surface area contributed by atoms with Gasteiger partial charge in [-0.05, 0) is 89.5 Å². The summed E-state index contributed by atoms with van der Waals surface area (Å²) >= 11 is 0. The lowest BCUT2D eigenvalue weighted by molar-refractivity contribution is 0.0840. The highest BCUT2D eigenvalue weighted by Crippen LogP contribution is 2.33. The smallest absolute Gasteiger partial charge is 0.253 e. The average molecular weight is 558 g/mol. The molecule has 0 aliphatic carbocycles. The summed E-state index contributed by atoms with van der Waals surface area (Å²) in [6.45, 7) is 9.83. The predicted octanol–water partition coefficient (Wildman–Crippen LogP) is 2.95. The Morgan fingerprint density at radius 1 is 1.02 bits per heavy atom. The number of nitrogens with one attached hydrogen (secondary N) is 1. The van der Waals surface area contributed by atoms with E-state index in [1.54, 1.807) is 0 Å². The third-order valence-corrected chi connectivity index (χ3v) is 8.60. The summed E-state index contributed by atoms with van der Waals surface area (Å²) in [7, 11) is 0. The number of rotatable bonds is 7. The van der Waals surface area contributed by atoms with Crippen molar-refractivity contribution < 1.29 is 14.2 Å². The molecule has 0 radical (unpaired) electrons. The van der Waals surface area contributed by atoms with Crippen molar-refractivity contribution in [2.75, 3.05) is 39.6 Å². The minimum absolute atomic E-state index is 0.0805. The molecule has 7 rings (SSSR count). The monoisotopic (exact) mass is 557 g/mol. The molecule has 3 aliphatic rings. The molecule has 214 valence electrons. The Kier molecular flexibility index (Phi) is 6.93. The number of fused-ring (bicyclic) bond motifs is 2. The Bertz CT molecular complexity index is 1620. The predicted molar refractivity (Wildman–Crippen MR) is 152 cm³/mol. The average Bonchev–Trinajstić information content (AvgIpc) is 3.75. The number of aryl methyl sites for hydroxylation is 2. The number of tetrazole rings is 1. The van der Waals surface area contributed by atoms with E-state index >= 15 is 0 Å². The van der Waals surface area contributed by atoms with Gasteiger partial charge >= 0.3 is 0 Å². The fourth-order valence-corrected chi connectivity index (χ4v) is 6.19. The molecule has 2 atom stereocenters. The van der Waals surface area contributed by atoms with Crippen LogP contribution in [0.2, 0.25) is 0 Å². The van der Waals surface area contributed by atoms with Crippen LogP contribution < -0.4 is 15.0 Å². The summed E-state index contributed by atoms with van der Waals surface area (Å²) in [5.74, 6) is 2.28. The van der Waals surface area contributed by atoms with Crippen molar-refractivity contribution in [2.24, 2.45) is 0 Å². The molecule has 3 aliphatic heterocycles. The van der Waals surface area contributed by atoms with E-state index in [0.29, 0.717) is 17.9 Å². The van der Waals surface area contributed by atoms with E-state index in [4.69, 9.17) is 14.2 Å². The lowest BCUT2D eigenvalue weighted by Crippen LogP contribution is -2.48. The Morgan fingerprint density at radius 3 is 2.68 bits per heavy atom. The lowest BCUT2D eigenvalue weighted by Gasteiger charge is -2.38. The van der Waals surface area contributed by atoms with Crippen molar-refractivity contribution in [2.45, 2.75) is 51.9 Å². The van der Waals surface area contributed by atoms with E-state index in [-0.39, 0.29) is 24.5 Å². The summed E-state index contributed by atoms with van der Waals surface area (Å²) in [4.78, 5) is 21.6. The Balaban J connectivity index is 1.18. The van der Waals surface area contributed by atoms with Gasteiger partial charge in [-0.1, -0.05) is 6.07 Å². The number of nitrogens with zero attached hydrogens (tertiary/aromatic N) is 6. The van der Waals surface area contributed by atoms with E-state index in [2.05, 4.69) is 62.4 Å². The first-order chi connectivity index (χ1) is 20.0. The molecule has 0 spiro atoms. The second-order valence-corrected chi connectivity index (χ2v) is 11.3. The number of aromatic amines is 1. The maximum Gasteiger partial charge on any atom is 0.253 e. The Morgan fingerprint density at radius 2 is 1.85 bits per heavy atom. The van der Waals surface area contributed by atoms with Gasteiger partial charge in [0.2, 0.25) is 6.79 Å². The lowest BCUT2D eigenvalue weighted by atomic mass is 10.00. The number of benzene rings is 2. The summed E-state index contributed by atoms with van der Waals surface area (Å²) in [6.07, 6.45) is 2.11. The number of hydrogen-bond donors (Lipinski definition) is 1. The third kappa shape index (κ3) is 5.20. The molecule has 2 saturated heterocycles. The molecular weight excluding hydrogens is 522 g/mol. The molecule has 0 amide bonds. The number of ether oxygens (including phenoxy) is 3. The van der Waals surface area contributed by atoms with Gasteiger partial charge in [-0.2, -0.15) is 0 Å². The maximum atomic E-state index is 13.6. The highest BCUT2D eigenvalue weighted by atomic mass is 16.7. The van der Waals surface area contributed by atoms with Crippen molar-refractivity contribution in [1.82, 2.24) is 35.0 Å². The van der Waals surface area contributed by atoms with Crippen molar-refractivity contribution in [1.29, 1.82) is 0 Å². The Labute approximate surface area is 238 Å². The largest absolute Gasteiger partial charge is 0.454 e. The minimum Gasteiger partial charge on any atom is -0.454 e. The number of aromatic nitrogens is 5. The normalized spacial score (nSPS) is 20.2. The van der Waals surface area contributed by atoms with Gasteiger partial charge < -0.3 is 19.2 Å². The molecule has 1 N–H and O–H groups in total. The van der Waals surface area contributed by atoms with E-state index in [1.807, 2.05) is 22.9 Å². The molecule has 41 heavy (non-hydrogen) atoms. The van der Waals surface area contributed by atoms with Crippen LogP contribution in [0.1, 0.15) is 47.0 Å². The molecule has 2 fully saturated rings. The molecule has 11 nitrogen and oxygen atoms in total. The first-order valence-electron chi connectivity index (χ1n) is 14.4. The zero-order valence-electron chi connectivity index (χ0n) is 23.5. The topological polar surface area (TPSA) is 111 Å². The fraction of sp³-hybridized carbons (Fsp3) is 0.467.